The third-order valence-electron chi connectivity index (χ3n) is 3.92. The summed E-state index contributed by atoms with van der Waals surface area (Å²) in [5.74, 6) is 0.435. The summed E-state index contributed by atoms with van der Waals surface area (Å²) in [4.78, 5) is 16.4. The highest BCUT2D eigenvalue weighted by atomic mass is 16.5. The number of carbonyl (C=O) groups is 1. The summed E-state index contributed by atoms with van der Waals surface area (Å²) in [5.41, 5.74) is 3.99. The predicted molar refractivity (Wildman–Crippen MR) is 88.1 cm³/mol. The molecule has 0 aliphatic carbocycles. The Labute approximate surface area is 132 Å². The fraction of sp³-hybridized carbons (Fsp3) is 0.111. The third-order valence-corrected chi connectivity index (χ3v) is 3.92. The average Bonchev–Trinajstić information content (AvgIpc) is 3.13. The van der Waals surface area contributed by atoms with Gasteiger partial charge in [0.05, 0.1) is 23.8 Å². The lowest BCUT2D eigenvalue weighted by Gasteiger charge is -2.00. The number of nitrogens with zero attached hydrogens (tertiary/aromatic N) is 3. The Hall–Kier alpha value is -3.08. The first kappa shape index (κ1) is 13.6. The van der Waals surface area contributed by atoms with Crippen molar-refractivity contribution in [2.75, 3.05) is 7.11 Å². The molecule has 0 fully saturated rings. The first-order valence-electron chi connectivity index (χ1n) is 7.36. The molecule has 4 aromatic rings. The molecule has 2 aromatic carbocycles. The van der Waals surface area contributed by atoms with Crippen LogP contribution in [0.2, 0.25) is 0 Å². The number of rotatable bonds is 3. The van der Waals surface area contributed by atoms with Crippen molar-refractivity contribution in [1.29, 1.82) is 0 Å². The molecule has 0 atom stereocenters. The Morgan fingerprint density at radius 1 is 1.09 bits per heavy atom. The molecule has 2 heterocycles. The third kappa shape index (κ3) is 2.17. The van der Waals surface area contributed by atoms with Crippen molar-refractivity contribution < 1.29 is 9.53 Å². The van der Waals surface area contributed by atoms with Crippen molar-refractivity contribution in [2.24, 2.45) is 0 Å². The molecule has 0 aliphatic rings. The molecule has 0 amide bonds. The van der Waals surface area contributed by atoms with Gasteiger partial charge < -0.3 is 9.30 Å². The van der Waals surface area contributed by atoms with E-state index in [4.69, 9.17) is 4.74 Å². The maximum absolute atomic E-state index is 11.7. The quantitative estimate of drug-likeness (QED) is 0.546. The highest BCUT2D eigenvalue weighted by molar-refractivity contribution is 5.84. The van der Waals surface area contributed by atoms with E-state index in [0.29, 0.717) is 0 Å². The number of imidazole rings is 2. The SMILES string of the molecule is COC(=O)Cn1cc(-c2ccccc2)n2c3ccccc3nc12. The van der Waals surface area contributed by atoms with Gasteiger partial charge in [0.1, 0.15) is 6.54 Å². The molecule has 2 aromatic heterocycles. The zero-order valence-corrected chi connectivity index (χ0v) is 12.6. The van der Waals surface area contributed by atoms with Gasteiger partial charge in [-0.05, 0) is 12.1 Å². The standard InChI is InChI=1S/C18H15N3O2/c1-23-17(22)12-20-11-16(13-7-3-2-4-8-13)21-15-10-6-5-9-14(15)19-18(20)21/h2-11H,12H2,1H3. The van der Waals surface area contributed by atoms with Crippen LogP contribution in [0, 0.1) is 0 Å². The molecular formula is C18H15N3O2. The summed E-state index contributed by atoms with van der Waals surface area (Å²) in [6.07, 6.45) is 1.95. The van der Waals surface area contributed by atoms with E-state index in [1.807, 2.05) is 65.4 Å². The highest BCUT2D eigenvalue weighted by Crippen LogP contribution is 2.27. The zero-order valence-electron chi connectivity index (χ0n) is 12.6. The number of ether oxygens (including phenoxy) is 1. The van der Waals surface area contributed by atoms with Crippen molar-refractivity contribution >= 4 is 22.8 Å². The van der Waals surface area contributed by atoms with Gasteiger partial charge in [-0.1, -0.05) is 42.5 Å². The van der Waals surface area contributed by atoms with Gasteiger partial charge in [0, 0.05) is 11.8 Å². The van der Waals surface area contributed by atoms with E-state index in [2.05, 4.69) is 9.38 Å². The molecule has 5 heteroatoms. The first-order valence-corrected chi connectivity index (χ1v) is 7.36. The lowest BCUT2D eigenvalue weighted by atomic mass is 10.2. The second-order valence-corrected chi connectivity index (χ2v) is 5.32. The highest BCUT2D eigenvalue weighted by Gasteiger charge is 2.16. The van der Waals surface area contributed by atoms with E-state index in [1.165, 1.54) is 7.11 Å². The average molecular weight is 305 g/mol. The number of benzene rings is 2. The van der Waals surface area contributed by atoms with Crippen molar-refractivity contribution in [3.05, 3.63) is 60.8 Å². The van der Waals surface area contributed by atoms with Crippen molar-refractivity contribution in [1.82, 2.24) is 14.0 Å². The molecule has 4 rings (SSSR count). The largest absolute Gasteiger partial charge is 0.468 e. The monoisotopic (exact) mass is 305 g/mol. The Kier molecular flexibility index (Phi) is 3.12. The van der Waals surface area contributed by atoms with Crippen molar-refractivity contribution in [2.45, 2.75) is 6.54 Å². The zero-order chi connectivity index (χ0) is 15.8. The lowest BCUT2D eigenvalue weighted by molar-refractivity contribution is -0.141. The molecule has 5 nitrogen and oxygen atoms in total. The molecule has 114 valence electrons. The van der Waals surface area contributed by atoms with Crippen molar-refractivity contribution in [3.8, 4) is 11.3 Å². The summed E-state index contributed by atoms with van der Waals surface area (Å²) >= 11 is 0. The van der Waals surface area contributed by atoms with Crippen LogP contribution in [0.5, 0.6) is 0 Å². The van der Waals surface area contributed by atoms with Crippen LogP contribution in [-0.4, -0.2) is 27.0 Å². The van der Waals surface area contributed by atoms with Crippen LogP contribution in [0.25, 0.3) is 28.1 Å². The minimum Gasteiger partial charge on any atom is -0.468 e. The minimum absolute atomic E-state index is 0.135. The predicted octanol–water partition coefficient (Wildman–Crippen LogP) is 3.13. The van der Waals surface area contributed by atoms with E-state index in [0.717, 1.165) is 28.1 Å². The van der Waals surface area contributed by atoms with Gasteiger partial charge in [-0.15, -0.1) is 0 Å². The van der Waals surface area contributed by atoms with E-state index in [1.54, 1.807) is 0 Å². The number of para-hydroxylation sites is 2. The number of hydrogen-bond donors (Lipinski definition) is 0. The normalized spacial score (nSPS) is 11.2. The number of methoxy groups -OCH3 is 1. The second-order valence-electron chi connectivity index (χ2n) is 5.32. The molecule has 0 saturated carbocycles. The summed E-state index contributed by atoms with van der Waals surface area (Å²) in [7, 11) is 1.39. The van der Waals surface area contributed by atoms with Crippen LogP contribution in [0.1, 0.15) is 0 Å². The van der Waals surface area contributed by atoms with Crippen LogP contribution in [-0.2, 0) is 16.1 Å². The summed E-state index contributed by atoms with van der Waals surface area (Å²) in [6, 6.07) is 18.0. The van der Waals surface area contributed by atoms with Gasteiger partial charge in [0.2, 0.25) is 5.78 Å². The minimum atomic E-state index is -0.297. The molecule has 23 heavy (non-hydrogen) atoms. The van der Waals surface area contributed by atoms with Crippen LogP contribution in [0.4, 0.5) is 0 Å². The molecule has 0 bridgehead atoms. The number of aromatic nitrogens is 3. The first-order chi connectivity index (χ1) is 11.3. The molecule has 0 spiro atoms. The van der Waals surface area contributed by atoms with Gasteiger partial charge in [-0.25, -0.2) is 4.98 Å². The van der Waals surface area contributed by atoms with Crippen LogP contribution < -0.4 is 0 Å². The topological polar surface area (TPSA) is 48.5 Å². The Morgan fingerprint density at radius 2 is 1.83 bits per heavy atom. The van der Waals surface area contributed by atoms with E-state index >= 15 is 0 Å². The maximum Gasteiger partial charge on any atom is 0.325 e. The smallest absolute Gasteiger partial charge is 0.325 e. The molecule has 0 aliphatic heterocycles. The molecule has 0 saturated heterocycles. The van der Waals surface area contributed by atoms with Crippen LogP contribution >= 0.6 is 0 Å². The van der Waals surface area contributed by atoms with Gasteiger partial charge in [-0.2, -0.15) is 0 Å². The maximum atomic E-state index is 11.7. The lowest BCUT2D eigenvalue weighted by Crippen LogP contribution is -2.10. The van der Waals surface area contributed by atoms with E-state index in [-0.39, 0.29) is 12.5 Å². The molecule has 0 radical (unpaired) electrons. The van der Waals surface area contributed by atoms with Crippen molar-refractivity contribution in [3.63, 3.8) is 0 Å². The van der Waals surface area contributed by atoms with E-state index < -0.39 is 0 Å². The number of hydrogen-bond acceptors (Lipinski definition) is 3. The fourth-order valence-electron chi connectivity index (χ4n) is 2.84. The summed E-state index contributed by atoms with van der Waals surface area (Å²) < 4.78 is 8.70. The van der Waals surface area contributed by atoms with Crippen LogP contribution in [0.15, 0.2) is 60.8 Å². The Bertz CT molecular complexity index is 999. The Morgan fingerprint density at radius 3 is 2.61 bits per heavy atom. The molecular weight excluding hydrogens is 290 g/mol. The summed E-state index contributed by atoms with van der Waals surface area (Å²) in [5, 5.41) is 0. The molecule has 0 unspecified atom stereocenters. The number of fused-ring (bicyclic) bond motifs is 3. The van der Waals surface area contributed by atoms with Gasteiger partial charge >= 0.3 is 5.97 Å². The Balaban J connectivity index is 2.03. The second kappa shape index (κ2) is 5.28. The van der Waals surface area contributed by atoms with Crippen LogP contribution in [0.3, 0.4) is 0 Å². The van der Waals surface area contributed by atoms with Gasteiger partial charge in [-0.3, -0.25) is 9.20 Å². The van der Waals surface area contributed by atoms with E-state index in [9.17, 15) is 4.79 Å². The molecule has 0 N–H and O–H groups in total. The van der Waals surface area contributed by atoms with Gasteiger partial charge in [0.15, 0.2) is 0 Å². The number of carbonyl (C=O) groups excluding carboxylic acids is 1. The fourth-order valence-corrected chi connectivity index (χ4v) is 2.84. The van der Waals surface area contributed by atoms with Gasteiger partial charge in [0.25, 0.3) is 0 Å². The summed E-state index contributed by atoms with van der Waals surface area (Å²) in [6.45, 7) is 0.135. The number of esters is 1.